The zero-order chi connectivity index (χ0) is 13.9. The van der Waals surface area contributed by atoms with Gasteiger partial charge in [0.1, 0.15) is 5.75 Å². The van der Waals surface area contributed by atoms with Gasteiger partial charge >= 0.3 is 6.09 Å². The second-order valence-corrected chi connectivity index (χ2v) is 4.27. The van der Waals surface area contributed by atoms with Crippen molar-refractivity contribution in [2.45, 2.75) is 6.92 Å². The molecule has 0 atom stereocenters. The van der Waals surface area contributed by atoms with E-state index >= 15 is 0 Å². The maximum absolute atomic E-state index is 11.7. The number of benzene rings is 1. The number of nitrogens with zero attached hydrogens (tertiary/aromatic N) is 3. The number of pyridine rings is 1. The van der Waals surface area contributed by atoms with Crippen LogP contribution < -0.4 is 10.1 Å². The van der Waals surface area contributed by atoms with E-state index in [2.05, 4.69) is 15.4 Å². The molecular formula is C14H12N4O2. The highest BCUT2D eigenvalue weighted by Gasteiger charge is 2.09. The molecule has 0 saturated carbocycles. The lowest BCUT2D eigenvalue weighted by Gasteiger charge is -2.02. The molecule has 0 aliphatic heterocycles. The fourth-order valence-corrected chi connectivity index (χ4v) is 1.75. The van der Waals surface area contributed by atoms with Crippen molar-refractivity contribution in [1.29, 1.82) is 0 Å². The van der Waals surface area contributed by atoms with Crippen molar-refractivity contribution in [3.63, 3.8) is 0 Å². The highest BCUT2D eigenvalue weighted by Crippen LogP contribution is 2.11. The summed E-state index contributed by atoms with van der Waals surface area (Å²) >= 11 is 0. The van der Waals surface area contributed by atoms with E-state index in [0.29, 0.717) is 11.4 Å². The molecule has 20 heavy (non-hydrogen) atoms. The Kier molecular flexibility index (Phi) is 3.04. The lowest BCUT2D eigenvalue weighted by molar-refractivity contribution is 0.215. The van der Waals surface area contributed by atoms with Crippen LogP contribution in [0.25, 0.3) is 5.65 Å². The fourth-order valence-electron chi connectivity index (χ4n) is 1.75. The number of para-hydroxylation sites is 1. The molecule has 0 fully saturated rings. The molecule has 3 aromatic rings. The van der Waals surface area contributed by atoms with Gasteiger partial charge in [-0.15, -0.1) is 5.10 Å². The van der Waals surface area contributed by atoms with Gasteiger partial charge in [-0.05, 0) is 36.8 Å². The first-order valence-electron chi connectivity index (χ1n) is 6.08. The van der Waals surface area contributed by atoms with E-state index < -0.39 is 6.09 Å². The van der Waals surface area contributed by atoms with Crippen LogP contribution in [0.5, 0.6) is 5.75 Å². The topological polar surface area (TPSA) is 68.5 Å². The molecule has 2 heterocycles. The quantitative estimate of drug-likeness (QED) is 0.775. The first kappa shape index (κ1) is 12.2. The van der Waals surface area contributed by atoms with Crippen LogP contribution in [0.3, 0.4) is 0 Å². The van der Waals surface area contributed by atoms with Gasteiger partial charge in [0.2, 0.25) is 0 Å². The van der Waals surface area contributed by atoms with Crippen LogP contribution in [0.1, 0.15) is 5.56 Å². The molecular weight excluding hydrogens is 256 g/mol. The van der Waals surface area contributed by atoms with Crippen LogP contribution in [0.2, 0.25) is 0 Å². The number of carbonyl (C=O) groups is 1. The molecule has 0 spiro atoms. The summed E-state index contributed by atoms with van der Waals surface area (Å²) in [6.07, 6.45) is 1.16. The number of aromatic nitrogens is 3. The van der Waals surface area contributed by atoms with Crippen LogP contribution in [-0.4, -0.2) is 20.7 Å². The Bertz CT molecular complexity index is 752. The number of fused-ring (bicyclic) bond motifs is 1. The van der Waals surface area contributed by atoms with Crippen LogP contribution in [0, 0.1) is 6.92 Å². The van der Waals surface area contributed by atoms with Crippen molar-refractivity contribution >= 4 is 17.7 Å². The Morgan fingerprint density at radius 1 is 1.25 bits per heavy atom. The van der Waals surface area contributed by atoms with E-state index in [1.54, 1.807) is 35.0 Å². The van der Waals surface area contributed by atoms with E-state index in [0.717, 1.165) is 5.56 Å². The van der Waals surface area contributed by atoms with Gasteiger partial charge < -0.3 is 4.74 Å². The number of hydrogen-bond acceptors (Lipinski definition) is 4. The number of anilines is 1. The van der Waals surface area contributed by atoms with Gasteiger partial charge in [0.15, 0.2) is 5.65 Å². The second-order valence-electron chi connectivity index (χ2n) is 4.27. The number of rotatable bonds is 2. The van der Waals surface area contributed by atoms with Crippen LogP contribution in [-0.2, 0) is 0 Å². The number of hydrogen-bond donors (Lipinski definition) is 1. The van der Waals surface area contributed by atoms with Crippen LogP contribution >= 0.6 is 0 Å². The molecule has 0 radical (unpaired) electrons. The standard InChI is InChI=1S/C14H12N4O2/c1-10-7-8-18-12(9-10)15-13(17-18)16-14(19)20-11-5-3-2-4-6-11/h2-9H,1H3,(H,16,17,19). The highest BCUT2D eigenvalue weighted by atomic mass is 16.6. The maximum atomic E-state index is 11.7. The lowest BCUT2D eigenvalue weighted by atomic mass is 10.3. The van der Waals surface area contributed by atoms with Gasteiger partial charge in [-0.2, -0.15) is 4.98 Å². The largest absolute Gasteiger partial charge is 0.419 e. The average molecular weight is 268 g/mol. The number of carbonyl (C=O) groups excluding carboxylic acids is 1. The van der Waals surface area contributed by atoms with E-state index in [-0.39, 0.29) is 5.95 Å². The number of nitrogens with one attached hydrogen (secondary N) is 1. The van der Waals surface area contributed by atoms with Crippen molar-refractivity contribution in [3.05, 3.63) is 54.2 Å². The first-order chi connectivity index (χ1) is 9.70. The third-order valence-electron chi connectivity index (χ3n) is 2.66. The summed E-state index contributed by atoms with van der Waals surface area (Å²) in [4.78, 5) is 15.9. The minimum Gasteiger partial charge on any atom is -0.410 e. The third-order valence-corrected chi connectivity index (χ3v) is 2.66. The fraction of sp³-hybridized carbons (Fsp3) is 0.0714. The summed E-state index contributed by atoms with van der Waals surface area (Å²) in [5.74, 6) is 0.668. The summed E-state index contributed by atoms with van der Waals surface area (Å²) in [6.45, 7) is 1.96. The zero-order valence-electron chi connectivity index (χ0n) is 10.8. The zero-order valence-corrected chi connectivity index (χ0v) is 10.8. The van der Waals surface area contributed by atoms with Gasteiger partial charge in [-0.3, -0.25) is 5.32 Å². The Balaban J connectivity index is 1.74. The Hall–Kier alpha value is -2.89. The van der Waals surface area contributed by atoms with Gasteiger partial charge in [0.25, 0.3) is 5.95 Å². The van der Waals surface area contributed by atoms with Gasteiger partial charge in [-0.1, -0.05) is 18.2 Å². The smallest absolute Gasteiger partial charge is 0.410 e. The van der Waals surface area contributed by atoms with E-state index in [4.69, 9.17) is 4.74 Å². The van der Waals surface area contributed by atoms with Gasteiger partial charge in [0, 0.05) is 6.20 Å². The second kappa shape index (κ2) is 5.00. The maximum Gasteiger partial charge on any atom is 0.419 e. The summed E-state index contributed by atoms with van der Waals surface area (Å²) in [5, 5.41) is 6.62. The molecule has 3 rings (SSSR count). The van der Waals surface area contributed by atoms with Gasteiger partial charge in [-0.25, -0.2) is 9.31 Å². The van der Waals surface area contributed by atoms with Crippen molar-refractivity contribution < 1.29 is 9.53 Å². The van der Waals surface area contributed by atoms with Gasteiger partial charge in [0.05, 0.1) is 0 Å². The molecule has 0 bridgehead atoms. The van der Waals surface area contributed by atoms with E-state index in [1.165, 1.54) is 0 Å². The highest BCUT2D eigenvalue weighted by molar-refractivity contribution is 5.84. The molecule has 0 aliphatic carbocycles. The SMILES string of the molecule is Cc1ccn2nc(NC(=O)Oc3ccccc3)nc2c1. The molecule has 1 aromatic carbocycles. The molecule has 1 amide bonds. The molecule has 6 heteroatoms. The molecule has 0 saturated heterocycles. The average Bonchev–Trinajstić information content (AvgIpc) is 2.80. The van der Waals surface area contributed by atoms with Crippen LogP contribution in [0.15, 0.2) is 48.7 Å². The Morgan fingerprint density at radius 3 is 2.85 bits per heavy atom. The number of aryl methyl sites for hydroxylation is 1. The minimum atomic E-state index is -0.621. The molecule has 1 N–H and O–H groups in total. The first-order valence-corrected chi connectivity index (χ1v) is 6.08. The molecule has 6 nitrogen and oxygen atoms in total. The Labute approximate surface area is 115 Å². The number of amides is 1. The van der Waals surface area contributed by atoms with Crippen LogP contribution in [0.4, 0.5) is 10.7 Å². The normalized spacial score (nSPS) is 10.4. The predicted octanol–water partition coefficient (Wildman–Crippen LogP) is 2.65. The van der Waals surface area contributed by atoms with Crippen molar-refractivity contribution in [2.75, 3.05) is 5.32 Å². The molecule has 0 aliphatic rings. The summed E-state index contributed by atoms with van der Waals surface area (Å²) in [6, 6.07) is 12.6. The Morgan fingerprint density at radius 2 is 2.05 bits per heavy atom. The molecule has 100 valence electrons. The monoisotopic (exact) mass is 268 g/mol. The van der Waals surface area contributed by atoms with E-state index in [1.807, 2.05) is 25.1 Å². The minimum absolute atomic E-state index is 0.205. The molecule has 2 aromatic heterocycles. The van der Waals surface area contributed by atoms with Crippen molar-refractivity contribution in [1.82, 2.24) is 14.6 Å². The van der Waals surface area contributed by atoms with E-state index in [9.17, 15) is 4.79 Å². The molecule has 0 unspecified atom stereocenters. The lowest BCUT2D eigenvalue weighted by Crippen LogP contribution is -2.17. The van der Waals surface area contributed by atoms with Crippen molar-refractivity contribution in [3.8, 4) is 5.75 Å². The van der Waals surface area contributed by atoms with Crippen molar-refractivity contribution in [2.24, 2.45) is 0 Å². The summed E-state index contributed by atoms with van der Waals surface area (Å²) < 4.78 is 6.69. The summed E-state index contributed by atoms with van der Waals surface area (Å²) in [5.41, 5.74) is 1.74. The summed E-state index contributed by atoms with van der Waals surface area (Å²) in [7, 11) is 0. The predicted molar refractivity (Wildman–Crippen MR) is 73.8 cm³/mol. The third kappa shape index (κ3) is 2.59. The number of ether oxygens (including phenoxy) is 1.